The molecule has 1 fully saturated rings. The molecule has 1 aliphatic heterocycles. The largest absolute Gasteiger partial charge is 0.338 e. The molecule has 2 heterocycles. The Morgan fingerprint density at radius 1 is 1.36 bits per heavy atom. The summed E-state index contributed by atoms with van der Waals surface area (Å²) in [6, 6.07) is 13.0. The molecule has 0 spiro atoms. The fourth-order valence-corrected chi connectivity index (χ4v) is 3.94. The van der Waals surface area contributed by atoms with Gasteiger partial charge in [-0.15, -0.1) is 11.3 Å². The lowest BCUT2D eigenvalue weighted by Gasteiger charge is -2.24. The van der Waals surface area contributed by atoms with Gasteiger partial charge < -0.3 is 10.2 Å². The summed E-state index contributed by atoms with van der Waals surface area (Å²) in [6.07, 6.45) is 3.05. The highest BCUT2D eigenvalue weighted by atomic mass is 32.1. The lowest BCUT2D eigenvalue weighted by molar-refractivity contribution is 0.194. The molecule has 22 heavy (non-hydrogen) atoms. The molecule has 3 nitrogen and oxygen atoms in total. The first-order chi connectivity index (χ1) is 10.7. The molecular formula is C18H22N2OS. The molecule has 1 N–H and O–H groups in total. The van der Waals surface area contributed by atoms with Crippen LogP contribution in [-0.2, 0) is 6.42 Å². The molecule has 3 rings (SSSR count). The number of nitrogens with zero attached hydrogens (tertiary/aromatic N) is 1. The van der Waals surface area contributed by atoms with Gasteiger partial charge in [0.1, 0.15) is 0 Å². The summed E-state index contributed by atoms with van der Waals surface area (Å²) in [5.41, 5.74) is 2.54. The lowest BCUT2D eigenvalue weighted by Crippen LogP contribution is -2.40. The van der Waals surface area contributed by atoms with Gasteiger partial charge in [-0.3, -0.25) is 0 Å². The van der Waals surface area contributed by atoms with Crippen LogP contribution < -0.4 is 5.32 Å². The molecule has 0 saturated carbocycles. The molecule has 1 aromatic heterocycles. The second-order valence-electron chi connectivity index (χ2n) is 5.84. The quantitative estimate of drug-likeness (QED) is 0.903. The van der Waals surface area contributed by atoms with Gasteiger partial charge in [-0.1, -0.05) is 35.9 Å². The third-order valence-corrected chi connectivity index (χ3v) is 5.13. The van der Waals surface area contributed by atoms with Gasteiger partial charge >= 0.3 is 6.03 Å². The molecule has 0 bridgehead atoms. The van der Waals surface area contributed by atoms with E-state index in [1.54, 1.807) is 11.3 Å². The van der Waals surface area contributed by atoms with E-state index in [1.165, 1.54) is 16.0 Å². The smallest absolute Gasteiger partial charge is 0.317 e. The van der Waals surface area contributed by atoms with Crippen molar-refractivity contribution in [2.45, 2.75) is 32.2 Å². The normalized spacial score (nSPS) is 17.7. The number of carbonyl (C=O) groups is 1. The minimum atomic E-state index is 0.0727. The summed E-state index contributed by atoms with van der Waals surface area (Å²) in [5, 5.41) is 5.16. The van der Waals surface area contributed by atoms with Crippen LogP contribution in [0.1, 0.15) is 34.9 Å². The number of benzene rings is 1. The van der Waals surface area contributed by atoms with Gasteiger partial charge in [-0.25, -0.2) is 4.79 Å². The van der Waals surface area contributed by atoms with Crippen LogP contribution >= 0.6 is 11.3 Å². The maximum Gasteiger partial charge on any atom is 0.317 e. The van der Waals surface area contributed by atoms with Crippen molar-refractivity contribution in [3.05, 3.63) is 57.8 Å². The number of hydrogen-bond donors (Lipinski definition) is 1. The zero-order valence-electron chi connectivity index (χ0n) is 12.9. The van der Waals surface area contributed by atoms with Crippen LogP contribution in [0.25, 0.3) is 0 Å². The predicted octanol–water partition coefficient (Wildman–Crippen LogP) is 4.15. The van der Waals surface area contributed by atoms with Gasteiger partial charge in [0.15, 0.2) is 0 Å². The number of carbonyl (C=O) groups excluding carboxylic acids is 1. The average molecular weight is 314 g/mol. The van der Waals surface area contributed by atoms with Crippen LogP contribution in [0.3, 0.4) is 0 Å². The van der Waals surface area contributed by atoms with Gasteiger partial charge in [0.2, 0.25) is 0 Å². The molecular weight excluding hydrogens is 292 g/mol. The maximum atomic E-state index is 12.4. The van der Waals surface area contributed by atoms with E-state index in [4.69, 9.17) is 0 Å². The third kappa shape index (κ3) is 3.50. The van der Waals surface area contributed by atoms with E-state index in [9.17, 15) is 4.79 Å². The summed E-state index contributed by atoms with van der Waals surface area (Å²) in [4.78, 5) is 15.7. The number of hydrogen-bond acceptors (Lipinski definition) is 2. The molecule has 116 valence electrons. The maximum absolute atomic E-state index is 12.4. The predicted molar refractivity (Wildman–Crippen MR) is 91.3 cm³/mol. The Morgan fingerprint density at radius 2 is 2.27 bits per heavy atom. The van der Waals surface area contributed by atoms with E-state index in [1.807, 2.05) is 4.90 Å². The van der Waals surface area contributed by atoms with Crippen molar-refractivity contribution in [2.75, 3.05) is 13.1 Å². The van der Waals surface area contributed by atoms with E-state index in [0.717, 1.165) is 25.8 Å². The van der Waals surface area contributed by atoms with E-state index in [2.05, 4.69) is 54.0 Å². The molecule has 2 amide bonds. The second kappa shape index (κ2) is 6.97. The molecule has 1 atom stereocenters. The topological polar surface area (TPSA) is 32.3 Å². The Morgan fingerprint density at radius 3 is 3.05 bits per heavy atom. The first-order valence-corrected chi connectivity index (χ1v) is 8.75. The Kier molecular flexibility index (Phi) is 4.78. The van der Waals surface area contributed by atoms with E-state index < -0.39 is 0 Å². The molecule has 0 radical (unpaired) electrons. The van der Waals surface area contributed by atoms with Crippen LogP contribution in [0.5, 0.6) is 0 Å². The molecule has 4 heteroatoms. The highest BCUT2D eigenvalue weighted by molar-refractivity contribution is 7.10. The van der Waals surface area contributed by atoms with Crippen LogP contribution in [0.15, 0.2) is 41.8 Å². The Bertz CT molecular complexity index is 624. The monoisotopic (exact) mass is 314 g/mol. The van der Waals surface area contributed by atoms with Crippen molar-refractivity contribution in [2.24, 2.45) is 0 Å². The minimum Gasteiger partial charge on any atom is -0.338 e. The summed E-state index contributed by atoms with van der Waals surface area (Å²) < 4.78 is 0. The number of likely N-dealkylation sites (tertiary alicyclic amines) is 1. The summed E-state index contributed by atoms with van der Waals surface area (Å²) >= 11 is 1.74. The molecule has 2 aromatic rings. The summed E-state index contributed by atoms with van der Waals surface area (Å²) in [7, 11) is 0. The second-order valence-corrected chi connectivity index (χ2v) is 6.82. The number of amides is 2. The third-order valence-electron chi connectivity index (χ3n) is 4.16. The van der Waals surface area contributed by atoms with Crippen molar-refractivity contribution >= 4 is 17.4 Å². The molecule has 0 aliphatic carbocycles. The fraction of sp³-hybridized carbons (Fsp3) is 0.389. The van der Waals surface area contributed by atoms with Crippen molar-refractivity contribution < 1.29 is 4.79 Å². The fourth-order valence-electron chi connectivity index (χ4n) is 3.07. The molecule has 1 unspecified atom stereocenters. The number of rotatable bonds is 4. The van der Waals surface area contributed by atoms with E-state index >= 15 is 0 Å². The zero-order chi connectivity index (χ0) is 15.4. The van der Waals surface area contributed by atoms with E-state index in [-0.39, 0.29) is 12.1 Å². The van der Waals surface area contributed by atoms with E-state index in [0.29, 0.717) is 6.54 Å². The Hall–Kier alpha value is -1.81. The molecule has 1 aromatic carbocycles. The van der Waals surface area contributed by atoms with Crippen LogP contribution in [0.4, 0.5) is 4.79 Å². The van der Waals surface area contributed by atoms with Crippen molar-refractivity contribution in [3.63, 3.8) is 0 Å². The average Bonchev–Trinajstić information content (AvgIpc) is 3.18. The van der Waals surface area contributed by atoms with Gasteiger partial charge in [0.05, 0.1) is 6.04 Å². The van der Waals surface area contributed by atoms with Gasteiger partial charge in [-0.2, -0.15) is 0 Å². The zero-order valence-corrected chi connectivity index (χ0v) is 13.7. The standard InChI is InChI=1S/C18H22N2OS/c1-14-5-2-6-15(13-14)9-10-19-18(21)20-11-3-7-16(20)17-8-4-12-22-17/h2,4-6,8,12-13,16H,3,7,9-11H2,1H3,(H,19,21). The van der Waals surface area contributed by atoms with Crippen LogP contribution in [-0.4, -0.2) is 24.0 Å². The van der Waals surface area contributed by atoms with Crippen LogP contribution in [0, 0.1) is 6.92 Å². The van der Waals surface area contributed by atoms with Crippen molar-refractivity contribution in [1.82, 2.24) is 10.2 Å². The van der Waals surface area contributed by atoms with Crippen molar-refractivity contribution in [3.8, 4) is 0 Å². The Labute approximate surface area is 136 Å². The van der Waals surface area contributed by atoms with Crippen LogP contribution in [0.2, 0.25) is 0 Å². The highest BCUT2D eigenvalue weighted by Gasteiger charge is 2.30. The number of thiophene rings is 1. The Balaban J connectivity index is 1.53. The SMILES string of the molecule is Cc1cccc(CCNC(=O)N2CCCC2c2cccs2)c1. The lowest BCUT2D eigenvalue weighted by atomic mass is 10.1. The first-order valence-electron chi connectivity index (χ1n) is 7.87. The minimum absolute atomic E-state index is 0.0727. The number of urea groups is 1. The first kappa shape index (κ1) is 15.1. The van der Waals surface area contributed by atoms with Gasteiger partial charge in [-0.05, 0) is 43.2 Å². The number of aryl methyl sites for hydroxylation is 1. The van der Waals surface area contributed by atoms with Gasteiger partial charge in [0, 0.05) is 18.0 Å². The molecule has 1 aliphatic rings. The number of nitrogens with one attached hydrogen (secondary N) is 1. The van der Waals surface area contributed by atoms with Gasteiger partial charge in [0.25, 0.3) is 0 Å². The highest BCUT2D eigenvalue weighted by Crippen LogP contribution is 2.34. The summed E-state index contributed by atoms with van der Waals surface area (Å²) in [5.74, 6) is 0. The summed E-state index contributed by atoms with van der Waals surface area (Å²) in [6.45, 7) is 3.65. The molecule has 1 saturated heterocycles. The van der Waals surface area contributed by atoms with Crippen molar-refractivity contribution in [1.29, 1.82) is 0 Å².